The Kier molecular flexibility index (Phi) is 30.9. The lowest BCUT2D eigenvalue weighted by molar-refractivity contribution is -0.0197. The van der Waals surface area contributed by atoms with Crippen molar-refractivity contribution >= 4 is 7.82 Å². The molecule has 0 N–H and O–H groups in total. The summed E-state index contributed by atoms with van der Waals surface area (Å²) in [6, 6.07) is 42.6. The maximum atomic E-state index is 21.5. The van der Waals surface area contributed by atoms with Gasteiger partial charge in [0.2, 0.25) is 0 Å². The molecule has 0 spiro atoms. The van der Waals surface area contributed by atoms with Gasteiger partial charge >= 0.3 is 7.82 Å². The maximum absolute atomic E-state index is 21.5. The highest BCUT2D eigenvalue weighted by atomic mass is 31.2. The molecular formula is C111H171O4P. The van der Waals surface area contributed by atoms with Crippen molar-refractivity contribution in [2.75, 3.05) is 0 Å². The van der Waals surface area contributed by atoms with E-state index in [2.05, 4.69) is 379 Å². The number of rotatable bonds is 30. The molecule has 0 aliphatic carbocycles. The van der Waals surface area contributed by atoms with Crippen LogP contribution in [0.15, 0.2) is 146 Å². The van der Waals surface area contributed by atoms with Gasteiger partial charge in [0.05, 0.1) is 0 Å². The standard InChI is InChI=1S/C111H171O4P/c1-43-46-49-52-55-76(4)109(85-64-58-79(97(7,8)9)70-91(85)103(25,26)27,86-65-59-80(98(10,11)12)71-92(86)104(28,29)30)113-116(112,114-110(77(5)56-53-50-47-44-2,87-66-60-81(99(13,14)15)72-93(87)105(31,32)33)88-67-61-82(100(16,17)18)73-94(88)106(34,35)36)115-111(78(6)57-54-51-48-45-3,89-68-62-83(101(19,20)21)74-95(89)107(37,38)39)90-69-63-84(102(22,23)24)75-96(90)108(40,41)42/h58-75H,4-6,43-57H2,1-3,7-42H3. The van der Waals surface area contributed by atoms with E-state index in [9.17, 15) is 13.6 Å². The molecule has 0 aliphatic heterocycles. The third-order valence-corrected chi connectivity index (χ3v) is 26.2. The Balaban J connectivity index is 2.33. The summed E-state index contributed by atoms with van der Waals surface area (Å²) >= 11 is 0. The van der Waals surface area contributed by atoms with Crippen LogP contribution >= 0.6 is 7.82 Å². The highest BCUT2D eigenvalue weighted by Crippen LogP contribution is 2.71. The zero-order chi connectivity index (χ0) is 88.6. The van der Waals surface area contributed by atoms with E-state index in [4.69, 9.17) is 19.7 Å². The molecule has 0 unspecified atom stereocenters. The topological polar surface area (TPSA) is 44.8 Å². The number of benzene rings is 6. The van der Waals surface area contributed by atoms with Crippen LogP contribution in [-0.2, 0) is 99.9 Å². The zero-order valence-corrected chi connectivity index (χ0v) is 83.1. The van der Waals surface area contributed by atoms with Crippen LogP contribution in [-0.4, -0.2) is 0 Å². The smallest absolute Gasteiger partial charge is 0.266 e. The first-order chi connectivity index (χ1) is 52.6. The second-order valence-corrected chi connectivity index (χ2v) is 49.0. The van der Waals surface area contributed by atoms with Crippen LogP contribution in [0.3, 0.4) is 0 Å². The third-order valence-electron chi connectivity index (χ3n) is 24.7. The molecule has 6 aromatic rings. The van der Waals surface area contributed by atoms with Crippen LogP contribution in [0.4, 0.5) is 0 Å². The van der Waals surface area contributed by atoms with E-state index >= 15 is 4.57 Å². The average Bonchev–Trinajstić information content (AvgIpc) is 0.699. The number of phosphoric acid groups is 1. The maximum Gasteiger partial charge on any atom is 0.479 e. The van der Waals surface area contributed by atoms with Gasteiger partial charge in [0.25, 0.3) is 0 Å². The molecule has 0 aromatic heterocycles. The Morgan fingerprint density at radius 2 is 0.371 bits per heavy atom. The van der Waals surface area contributed by atoms with E-state index in [-0.39, 0.29) is 32.5 Å². The monoisotopic (exact) mass is 1600 g/mol. The zero-order valence-electron chi connectivity index (χ0n) is 82.2. The molecule has 0 saturated heterocycles. The molecule has 5 heteroatoms. The second-order valence-electron chi connectivity index (χ2n) is 47.6. The van der Waals surface area contributed by atoms with Gasteiger partial charge in [-0.1, -0.05) is 457 Å². The average molecular weight is 1600 g/mol. The van der Waals surface area contributed by atoms with E-state index in [1.54, 1.807) is 0 Å². The Labute approximate surface area is 715 Å². The molecule has 0 fully saturated rings. The Morgan fingerprint density at radius 1 is 0.224 bits per heavy atom. The second kappa shape index (κ2) is 36.0. The number of unbranched alkanes of at least 4 members (excludes halogenated alkanes) is 9. The first kappa shape index (κ1) is 99.5. The quantitative estimate of drug-likeness (QED) is 0.0256. The van der Waals surface area contributed by atoms with E-state index in [1.807, 2.05) is 0 Å². The number of phosphoric ester groups is 1. The van der Waals surface area contributed by atoms with E-state index in [0.717, 1.165) is 161 Å². The van der Waals surface area contributed by atoms with Crippen LogP contribution in [0.5, 0.6) is 0 Å². The number of hydrogen-bond acceptors (Lipinski definition) is 4. The lowest BCUT2D eigenvalue weighted by Gasteiger charge is -2.50. The summed E-state index contributed by atoms with van der Waals surface area (Å²) in [5.74, 6) is 0. The minimum Gasteiger partial charge on any atom is -0.266 e. The van der Waals surface area contributed by atoms with Crippen LogP contribution in [0.1, 0.15) is 466 Å². The molecule has 6 rings (SSSR count). The van der Waals surface area contributed by atoms with E-state index in [0.29, 0.717) is 19.3 Å². The molecule has 6 aromatic carbocycles. The first-order valence-corrected chi connectivity index (χ1v) is 46.7. The Hall–Kier alpha value is -5.35. The van der Waals surface area contributed by atoms with Crippen molar-refractivity contribution in [3.63, 3.8) is 0 Å². The van der Waals surface area contributed by atoms with Gasteiger partial charge in [0, 0.05) is 0 Å². The van der Waals surface area contributed by atoms with Gasteiger partial charge in [-0.05, 0) is 220 Å². The Bertz CT molecular complexity index is 3750. The summed E-state index contributed by atoms with van der Waals surface area (Å²) in [5, 5.41) is 0. The molecule has 0 aliphatic rings. The molecule has 0 bridgehead atoms. The van der Waals surface area contributed by atoms with Gasteiger partial charge in [-0.15, -0.1) is 0 Å². The SMILES string of the molecule is C=C(CCCCCC)C(OP(=O)(OC(C(=C)CCCCCC)(c1ccc(C(C)(C)C)cc1C(C)(C)C)c1ccc(C(C)(C)C)cc1C(C)(C)C)OC(C(=C)CCCCCC)(c1ccc(C(C)(C)C)cc1C(C)(C)C)c1ccc(C(C)(C)C)cc1C(C)(C)C)(c1ccc(C(C)(C)C)cc1C(C)(C)C)c1ccc(C(C)(C)C)cc1C(C)(C)C. The Morgan fingerprint density at radius 3 is 0.491 bits per heavy atom. The highest BCUT2D eigenvalue weighted by molar-refractivity contribution is 7.48. The summed E-state index contributed by atoms with van der Waals surface area (Å²) in [7, 11) is -5.75. The lowest BCUT2D eigenvalue weighted by Crippen LogP contribution is -2.44. The van der Waals surface area contributed by atoms with Crippen molar-refractivity contribution < 1.29 is 18.1 Å². The van der Waals surface area contributed by atoms with Crippen LogP contribution in [0.25, 0.3) is 0 Å². The lowest BCUT2D eigenvalue weighted by atomic mass is 9.67. The minimum atomic E-state index is -5.75. The normalized spacial score (nSPS) is 14.1. The number of hydrogen-bond donors (Lipinski definition) is 0. The molecule has 0 amide bonds. The van der Waals surface area contributed by atoms with Gasteiger partial charge in [0.15, 0.2) is 16.8 Å². The molecule has 0 radical (unpaired) electrons. The summed E-state index contributed by atoms with van der Waals surface area (Å²) in [4.78, 5) is 0. The molecule has 0 heterocycles. The van der Waals surface area contributed by atoms with Gasteiger partial charge in [-0.2, -0.15) is 0 Å². The molecule has 0 atom stereocenters. The van der Waals surface area contributed by atoms with E-state index < -0.39 is 57.1 Å². The van der Waals surface area contributed by atoms with Crippen molar-refractivity contribution in [2.24, 2.45) is 0 Å². The molecule has 0 saturated carbocycles. The largest absolute Gasteiger partial charge is 0.479 e. The third kappa shape index (κ3) is 22.9. The van der Waals surface area contributed by atoms with Crippen LogP contribution in [0, 0.1) is 0 Å². The summed E-state index contributed by atoms with van der Waals surface area (Å²) in [6.07, 6.45) is 13.2. The fraction of sp³-hybridized carbons (Fsp3) is 0.622. The van der Waals surface area contributed by atoms with Crippen molar-refractivity contribution in [2.45, 2.75) is 448 Å². The highest BCUT2D eigenvalue weighted by Gasteiger charge is 2.60. The van der Waals surface area contributed by atoms with Gasteiger partial charge in [-0.3, -0.25) is 13.6 Å². The fourth-order valence-electron chi connectivity index (χ4n) is 17.1. The molecular weight excluding hydrogens is 1430 g/mol. The van der Waals surface area contributed by atoms with Gasteiger partial charge in [-0.25, -0.2) is 4.57 Å². The minimum absolute atomic E-state index is 0.263. The van der Waals surface area contributed by atoms with Crippen LogP contribution < -0.4 is 0 Å². The van der Waals surface area contributed by atoms with Crippen molar-refractivity contribution in [3.8, 4) is 0 Å². The van der Waals surface area contributed by atoms with Crippen molar-refractivity contribution in [1.29, 1.82) is 0 Å². The predicted octanol–water partition coefficient (Wildman–Crippen LogP) is 34.1. The van der Waals surface area contributed by atoms with Gasteiger partial charge < -0.3 is 0 Å². The predicted molar refractivity (Wildman–Crippen MR) is 510 cm³/mol. The fourth-order valence-corrected chi connectivity index (χ4v) is 19.2. The summed E-state index contributed by atoms with van der Waals surface area (Å²) in [5.41, 5.74) is 10.7. The van der Waals surface area contributed by atoms with E-state index in [1.165, 1.54) is 33.4 Å². The van der Waals surface area contributed by atoms with Gasteiger partial charge in [0.1, 0.15) is 0 Å². The van der Waals surface area contributed by atoms with Crippen LogP contribution in [0.2, 0.25) is 0 Å². The van der Waals surface area contributed by atoms with Crippen molar-refractivity contribution in [3.05, 3.63) is 246 Å². The summed E-state index contributed by atoms with van der Waals surface area (Å²) < 4.78 is 49.6. The molecule has 4 nitrogen and oxygen atoms in total. The molecule has 116 heavy (non-hydrogen) atoms. The summed E-state index contributed by atoms with van der Waals surface area (Å²) in [6.45, 7) is 107. The first-order valence-electron chi connectivity index (χ1n) is 45.3. The van der Waals surface area contributed by atoms with Crippen molar-refractivity contribution in [1.82, 2.24) is 0 Å². The molecule has 644 valence electrons.